The molecule has 3 aromatic carbocycles. The Labute approximate surface area is 196 Å². The fourth-order valence-electron chi connectivity index (χ4n) is 3.40. The van der Waals surface area contributed by atoms with E-state index in [2.05, 4.69) is 5.32 Å². The van der Waals surface area contributed by atoms with E-state index >= 15 is 0 Å². The van der Waals surface area contributed by atoms with Gasteiger partial charge in [0.05, 0.1) is 17.1 Å². The van der Waals surface area contributed by atoms with Crippen LogP contribution in [0, 0.1) is 27.7 Å². The van der Waals surface area contributed by atoms with Gasteiger partial charge in [-0.3, -0.25) is 9.10 Å². The van der Waals surface area contributed by atoms with Crippen molar-refractivity contribution in [3.05, 3.63) is 89.0 Å². The lowest BCUT2D eigenvalue weighted by molar-refractivity contribution is -0.119. The number of anilines is 1. The molecule has 0 spiro atoms. The molecule has 0 fully saturated rings. The predicted octanol–water partition coefficient (Wildman–Crippen LogP) is 4.31. The molecule has 174 valence electrons. The number of nitrogens with zero attached hydrogens (tertiary/aromatic N) is 1. The third-order valence-corrected chi connectivity index (χ3v) is 7.29. The van der Waals surface area contributed by atoms with Gasteiger partial charge in [0.25, 0.3) is 10.0 Å². The van der Waals surface area contributed by atoms with Crippen LogP contribution >= 0.6 is 0 Å². The molecule has 7 heteroatoms. The molecule has 0 unspecified atom stereocenters. The van der Waals surface area contributed by atoms with Crippen LogP contribution < -0.4 is 14.4 Å². The molecule has 3 aromatic rings. The van der Waals surface area contributed by atoms with Crippen molar-refractivity contribution < 1.29 is 17.9 Å². The van der Waals surface area contributed by atoms with Crippen molar-refractivity contribution in [1.82, 2.24) is 5.32 Å². The van der Waals surface area contributed by atoms with Gasteiger partial charge in [0, 0.05) is 0 Å². The first-order valence-corrected chi connectivity index (χ1v) is 12.2. The number of benzene rings is 3. The Bertz CT molecular complexity index is 1220. The van der Waals surface area contributed by atoms with E-state index in [0.29, 0.717) is 5.69 Å². The van der Waals surface area contributed by atoms with E-state index < -0.39 is 15.9 Å². The zero-order chi connectivity index (χ0) is 24.0. The van der Waals surface area contributed by atoms with Crippen LogP contribution in [0.3, 0.4) is 0 Å². The van der Waals surface area contributed by atoms with Gasteiger partial charge < -0.3 is 10.1 Å². The zero-order valence-corrected chi connectivity index (χ0v) is 20.3. The smallest absolute Gasteiger partial charge is 0.264 e. The quantitative estimate of drug-likeness (QED) is 0.477. The Morgan fingerprint density at radius 3 is 2.24 bits per heavy atom. The van der Waals surface area contributed by atoms with Gasteiger partial charge in [-0.25, -0.2) is 8.42 Å². The standard InChI is InChI=1S/C26H30N2O4S/c1-19-12-14-23(15-13-19)33(30,31)28(24-10-6-5-8-21(24)3)18-26(29)27-16-17-32-25-11-7-9-20(2)22(25)4/h5-15H,16-18H2,1-4H3,(H,27,29). The van der Waals surface area contributed by atoms with Gasteiger partial charge in [-0.1, -0.05) is 48.0 Å². The van der Waals surface area contributed by atoms with Gasteiger partial charge in [-0.05, 0) is 68.7 Å². The van der Waals surface area contributed by atoms with Crippen LogP contribution in [-0.2, 0) is 14.8 Å². The van der Waals surface area contributed by atoms with Gasteiger partial charge in [0.2, 0.25) is 5.91 Å². The highest BCUT2D eigenvalue weighted by Crippen LogP contribution is 2.26. The summed E-state index contributed by atoms with van der Waals surface area (Å²) in [6.45, 7) is 7.93. The number of aryl methyl sites for hydroxylation is 3. The molecule has 0 aliphatic heterocycles. The molecular formula is C26H30N2O4S. The Hall–Kier alpha value is -3.32. The number of carbonyl (C=O) groups excluding carboxylic acids is 1. The number of sulfonamides is 1. The van der Waals surface area contributed by atoms with Crippen molar-refractivity contribution in [2.45, 2.75) is 32.6 Å². The molecule has 0 saturated heterocycles. The highest BCUT2D eigenvalue weighted by atomic mass is 32.2. The number of nitrogens with one attached hydrogen (secondary N) is 1. The fourth-order valence-corrected chi connectivity index (χ4v) is 4.88. The number of hydrogen-bond acceptors (Lipinski definition) is 4. The monoisotopic (exact) mass is 466 g/mol. The van der Waals surface area contributed by atoms with Crippen LogP contribution in [-0.4, -0.2) is 34.0 Å². The molecule has 0 bridgehead atoms. The molecule has 6 nitrogen and oxygen atoms in total. The largest absolute Gasteiger partial charge is 0.491 e. The summed E-state index contributed by atoms with van der Waals surface area (Å²) in [5.74, 6) is 0.367. The fraction of sp³-hybridized carbons (Fsp3) is 0.269. The highest BCUT2D eigenvalue weighted by molar-refractivity contribution is 7.92. The Morgan fingerprint density at radius 2 is 1.55 bits per heavy atom. The predicted molar refractivity (Wildman–Crippen MR) is 131 cm³/mol. The van der Waals surface area contributed by atoms with E-state index in [-0.39, 0.29) is 24.6 Å². The van der Waals surface area contributed by atoms with Gasteiger partial charge in [0.15, 0.2) is 0 Å². The van der Waals surface area contributed by atoms with Crippen LogP contribution in [0.5, 0.6) is 5.75 Å². The minimum Gasteiger partial charge on any atom is -0.491 e. The summed E-state index contributed by atoms with van der Waals surface area (Å²) in [5, 5.41) is 2.77. The van der Waals surface area contributed by atoms with Crippen LogP contribution in [0.15, 0.2) is 71.6 Å². The Morgan fingerprint density at radius 1 is 0.879 bits per heavy atom. The molecule has 1 amide bonds. The average molecular weight is 467 g/mol. The first kappa shape index (κ1) is 24.3. The van der Waals surface area contributed by atoms with E-state index in [9.17, 15) is 13.2 Å². The lowest BCUT2D eigenvalue weighted by Crippen LogP contribution is -2.42. The minimum atomic E-state index is -3.93. The van der Waals surface area contributed by atoms with Gasteiger partial charge in [0.1, 0.15) is 18.9 Å². The van der Waals surface area contributed by atoms with Crippen molar-refractivity contribution in [3.63, 3.8) is 0 Å². The molecule has 3 rings (SSSR count). The maximum atomic E-state index is 13.4. The third-order valence-electron chi connectivity index (χ3n) is 5.52. The molecule has 0 radical (unpaired) electrons. The summed E-state index contributed by atoms with van der Waals surface area (Å²) < 4.78 is 33.8. The topological polar surface area (TPSA) is 75.7 Å². The lowest BCUT2D eigenvalue weighted by atomic mass is 10.1. The Balaban J connectivity index is 1.72. The van der Waals surface area contributed by atoms with Crippen LogP contribution in [0.1, 0.15) is 22.3 Å². The van der Waals surface area contributed by atoms with Crippen LogP contribution in [0.4, 0.5) is 5.69 Å². The zero-order valence-electron chi connectivity index (χ0n) is 19.5. The van der Waals surface area contributed by atoms with Crippen molar-refractivity contribution >= 4 is 21.6 Å². The second kappa shape index (κ2) is 10.5. The first-order chi connectivity index (χ1) is 15.7. The third kappa shape index (κ3) is 5.93. The second-order valence-electron chi connectivity index (χ2n) is 8.01. The average Bonchev–Trinajstić information content (AvgIpc) is 2.78. The summed E-state index contributed by atoms with van der Waals surface area (Å²) >= 11 is 0. The number of hydrogen-bond donors (Lipinski definition) is 1. The van der Waals surface area contributed by atoms with E-state index in [0.717, 1.165) is 32.3 Å². The van der Waals surface area contributed by atoms with Crippen LogP contribution in [0.25, 0.3) is 0 Å². The number of para-hydroxylation sites is 1. The Kier molecular flexibility index (Phi) is 7.76. The number of carbonyl (C=O) groups is 1. The summed E-state index contributed by atoms with van der Waals surface area (Å²) in [6, 6.07) is 19.6. The molecule has 0 saturated carbocycles. The first-order valence-electron chi connectivity index (χ1n) is 10.8. The highest BCUT2D eigenvalue weighted by Gasteiger charge is 2.28. The summed E-state index contributed by atoms with van der Waals surface area (Å²) in [4.78, 5) is 12.9. The number of amides is 1. The molecule has 0 heterocycles. The lowest BCUT2D eigenvalue weighted by Gasteiger charge is -2.25. The summed E-state index contributed by atoms with van der Waals surface area (Å²) in [7, 11) is -3.93. The van der Waals surface area contributed by atoms with Crippen molar-refractivity contribution in [3.8, 4) is 5.75 Å². The van der Waals surface area contributed by atoms with Gasteiger partial charge in [-0.15, -0.1) is 0 Å². The van der Waals surface area contributed by atoms with Gasteiger partial charge in [-0.2, -0.15) is 0 Å². The normalized spacial score (nSPS) is 11.2. The van der Waals surface area contributed by atoms with E-state index in [4.69, 9.17) is 4.74 Å². The molecule has 1 N–H and O–H groups in total. The summed E-state index contributed by atoms with van der Waals surface area (Å²) in [5.41, 5.74) is 4.38. The maximum Gasteiger partial charge on any atom is 0.264 e. The maximum absolute atomic E-state index is 13.4. The number of rotatable bonds is 9. The van der Waals surface area contributed by atoms with Gasteiger partial charge >= 0.3 is 0 Å². The molecule has 0 aromatic heterocycles. The van der Waals surface area contributed by atoms with E-state index in [1.807, 2.05) is 58.0 Å². The molecular weight excluding hydrogens is 436 g/mol. The van der Waals surface area contributed by atoms with Crippen molar-refractivity contribution in [2.75, 3.05) is 24.0 Å². The van der Waals surface area contributed by atoms with Crippen molar-refractivity contribution in [2.24, 2.45) is 0 Å². The molecule has 0 aliphatic rings. The second-order valence-corrected chi connectivity index (χ2v) is 9.87. The SMILES string of the molecule is Cc1ccc(S(=O)(=O)N(CC(=O)NCCOc2cccc(C)c2C)c2ccccc2C)cc1. The van der Waals surface area contributed by atoms with Crippen LogP contribution in [0.2, 0.25) is 0 Å². The minimum absolute atomic E-state index is 0.141. The summed E-state index contributed by atoms with van der Waals surface area (Å²) in [6.07, 6.45) is 0. The van der Waals surface area contributed by atoms with E-state index in [1.54, 1.807) is 36.4 Å². The molecule has 0 aliphatic carbocycles. The van der Waals surface area contributed by atoms with E-state index in [1.165, 1.54) is 0 Å². The number of ether oxygens (including phenoxy) is 1. The molecule has 0 atom stereocenters. The molecule has 33 heavy (non-hydrogen) atoms. The van der Waals surface area contributed by atoms with Crippen molar-refractivity contribution in [1.29, 1.82) is 0 Å².